The van der Waals surface area contributed by atoms with Crippen LogP contribution in [-0.2, 0) is 9.53 Å². The van der Waals surface area contributed by atoms with E-state index in [1.807, 2.05) is 30.2 Å². The highest BCUT2D eigenvalue weighted by molar-refractivity contribution is 5.95. The van der Waals surface area contributed by atoms with Crippen molar-refractivity contribution in [3.05, 3.63) is 60.7 Å². The fourth-order valence-electron chi connectivity index (χ4n) is 3.20. The van der Waals surface area contributed by atoms with Gasteiger partial charge in [-0.05, 0) is 36.8 Å². The Morgan fingerprint density at radius 1 is 1.16 bits per heavy atom. The summed E-state index contributed by atoms with van der Waals surface area (Å²) in [7, 11) is 0. The molecule has 0 saturated carbocycles. The van der Waals surface area contributed by atoms with Crippen molar-refractivity contribution in [3.8, 4) is 5.82 Å². The van der Waals surface area contributed by atoms with Crippen LogP contribution in [0.15, 0.2) is 55.1 Å². The van der Waals surface area contributed by atoms with Gasteiger partial charge in [0.05, 0.1) is 18.1 Å². The number of unbranched alkanes of at least 4 members (excludes halogenated alkanes) is 1. The summed E-state index contributed by atoms with van der Waals surface area (Å²) < 4.78 is 6.86. The number of carbonyl (C=O) groups excluding carboxylic acids is 2. The molecular weight excluding hydrogens is 396 g/mol. The van der Waals surface area contributed by atoms with Gasteiger partial charge in [0.1, 0.15) is 12.1 Å². The predicted molar refractivity (Wildman–Crippen MR) is 115 cm³/mol. The molecule has 0 radical (unpaired) electrons. The maximum absolute atomic E-state index is 12.5. The topological polar surface area (TPSA) is 102 Å². The quantitative estimate of drug-likeness (QED) is 0.441. The molecule has 1 aliphatic rings. The fraction of sp³-hybridized carbons (Fsp3) is 0.318. The van der Waals surface area contributed by atoms with Crippen molar-refractivity contribution in [2.45, 2.75) is 19.8 Å². The summed E-state index contributed by atoms with van der Waals surface area (Å²) in [5.41, 5.74) is 1.12. The average Bonchev–Trinajstić information content (AvgIpc) is 3.28. The van der Waals surface area contributed by atoms with Crippen molar-refractivity contribution >= 4 is 23.4 Å². The lowest BCUT2D eigenvalue weighted by atomic mass is 9.99. The lowest BCUT2D eigenvalue weighted by molar-refractivity contribution is -0.120. The van der Waals surface area contributed by atoms with Crippen LogP contribution < -0.4 is 10.2 Å². The smallest absolute Gasteiger partial charge is 0.338 e. The molecule has 9 nitrogen and oxygen atoms in total. The summed E-state index contributed by atoms with van der Waals surface area (Å²) in [5, 5.41) is 7.07. The monoisotopic (exact) mass is 420 g/mol. The summed E-state index contributed by atoms with van der Waals surface area (Å²) in [4.78, 5) is 35.0. The van der Waals surface area contributed by atoms with E-state index < -0.39 is 0 Å². The van der Waals surface area contributed by atoms with Crippen molar-refractivity contribution in [1.82, 2.24) is 19.7 Å². The molecule has 0 atom stereocenters. The van der Waals surface area contributed by atoms with Crippen LogP contribution in [0.25, 0.3) is 5.82 Å². The maximum atomic E-state index is 12.5. The van der Waals surface area contributed by atoms with Gasteiger partial charge in [-0.15, -0.1) is 0 Å². The number of anilines is 2. The highest BCUT2D eigenvalue weighted by Crippen LogP contribution is 2.25. The summed E-state index contributed by atoms with van der Waals surface area (Å²) in [6.07, 6.45) is 6.81. The first-order valence-electron chi connectivity index (χ1n) is 10.3. The Labute approximate surface area is 180 Å². The van der Waals surface area contributed by atoms with Crippen molar-refractivity contribution in [2.24, 2.45) is 5.92 Å². The van der Waals surface area contributed by atoms with E-state index in [0.717, 1.165) is 18.7 Å². The van der Waals surface area contributed by atoms with Crippen molar-refractivity contribution < 1.29 is 14.3 Å². The Bertz CT molecular complexity index is 1030. The van der Waals surface area contributed by atoms with Crippen LogP contribution >= 0.6 is 0 Å². The van der Waals surface area contributed by atoms with E-state index in [1.165, 1.54) is 6.33 Å². The SMILES string of the molecule is CCCCOC(=O)c1ccc(NC(=O)C2CN(c3cc(-n4cccn4)ncn3)C2)cc1. The minimum Gasteiger partial charge on any atom is -0.462 e. The van der Waals surface area contributed by atoms with Crippen LogP contribution in [0, 0.1) is 5.92 Å². The molecule has 1 fully saturated rings. The number of benzene rings is 1. The Morgan fingerprint density at radius 2 is 1.94 bits per heavy atom. The standard InChI is InChI=1S/C22H24N6O3/c1-2-3-11-31-22(30)16-5-7-18(8-6-16)26-21(29)17-13-27(14-17)19-12-20(24-15-23-19)28-10-4-9-25-28/h4-10,12,15,17H,2-3,11,13-14H2,1H3,(H,26,29). The second-order valence-corrected chi connectivity index (χ2v) is 7.34. The molecule has 1 N–H and O–H groups in total. The molecule has 0 spiro atoms. The van der Waals surface area contributed by atoms with Gasteiger partial charge in [0.15, 0.2) is 5.82 Å². The average molecular weight is 420 g/mol. The first-order chi connectivity index (χ1) is 15.1. The van der Waals surface area contributed by atoms with Crippen LogP contribution in [0.2, 0.25) is 0 Å². The number of nitrogens with zero attached hydrogens (tertiary/aromatic N) is 5. The molecule has 3 heterocycles. The van der Waals surface area contributed by atoms with Gasteiger partial charge in [-0.2, -0.15) is 5.10 Å². The molecule has 0 bridgehead atoms. The van der Waals surface area contributed by atoms with Gasteiger partial charge in [-0.1, -0.05) is 13.3 Å². The Balaban J connectivity index is 1.28. The predicted octanol–water partition coefficient (Wildman–Crippen LogP) is 2.69. The van der Waals surface area contributed by atoms with Gasteiger partial charge in [0.25, 0.3) is 0 Å². The van der Waals surface area contributed by atoms with Crippen molar-refractivity contribution in [3.63, 3.8) is 0 Å². The lowest BCUT2D eigenvalue weighted by Crippen LogP contribution is -2.52. The van der Waals surface area contributed by atoms with Crippen molar-refractivity contribution in [1.29, 1.82) is 0 Å². The van der Waals surface area contributed by atoms with Gasteiger partial charge in [-0.25, -0.2) is 19.4 Å². The number of carbonyl (C=O) groups is 2. The van der Waals surface area contributed by atoms with E-state index in [4.69, 9.17) is 4.74 Å². The number of rotatable bonds is 8. The molecule has 160 valence electrons. The molecule has 4 rings (SSSR count). The molecule has 0 unspecified atom stereocenters. The van der Waals surface area contributed by atoms with Gasteiger partial charge < -0.3 is 15.0 Å². The number of aromatic nitrogens is 4. The number of amides is 1. The summed E-state index contributed by atoms with van der Waals surface area (Å²) in [6, 6.07) is 10.4. The molecular formula is C22H24N6O3. The normalized spacial score (nSPS) is 13.5. The van der Waals surface area contributed by atoms with E-state index in [0.29, 0.717) is 36.8 Å². The van der Waals surface area contributed by atoms with Crippen LogP contribution in [0.3, 0.4) is 0 Å². The third kappa shape index (κ3) is 4.88. The lowest BCUT2D eigenvalue weighted by Gasteiger charge is -2.39. The Kier molecular flexibility index (Phi) is 6.21. The van der Waals surface area contributed by atoms with Crippen LogP contribution in [0.5, 0.6) is 0 Å². The molecule has 3 aromatic rings. The van der Waals surface area contributed by atoms with Crippen LogP contribution in [0.1, 0.15) is 30.1 Å². The molecule has 1 aromatic carbocycles. The number of nitrogens with one attached hydrogen (secondary N) is 1. The fourth-order valence-corrected chi connectivity index (χ4v) is 3.20. The maximum Gasteiger partial charge on any atom is 0.338 e. The Hall–Kier alpha value is -3.75. The van der Waals surface area contributed by atoms with Gasteiger partial charge in [-0.3, -0.25) is 4.79 Å². The van der Waals surface area contributed by atoms with E-state index in [1.54, 1.807) is 35.1 Å². The highest BCUT2D eigenvalue weighted by Gasteiger charge is 2.33. The third-order valence-electron chi connectivity index (χ3n) is 5.07. The third-order valence-corrected chi connectivity index (χ3v) is 5.07. The number of esters is 1. The summed E-state index contributed by atoms with van der Waals surface area (Å²) in [6.45, 7) is 3.60. The van der Waals surface area contributed by atoms with Crippen LogP contribution in [0.4, 0.5) is 11.5 Å². The molecule has 0 aliphatic carbocycles. The highest BCUT2D eigenvalue weighted by atomic mass is 16.5. The number of ether oxygens (including phenoxy) is 1. The van der Waals surface area contributed by atoms with Gasteiger partial charge >= 0.3 is 5.97 Å². The molecule has 1 amide bonds. The zero-order valence-electron chi connectivity index (χ0n) is 17.3. The first-order valence-corrected chi connectivity index (χ1v) is 10.3. The minimum atomic E-state index is -0.347. The molecule has 9 heteroatoms. The largest absolute Gasteiger partial charge is 0.462 e. The van der Waals surface area contributed by atoms with Crippen LogP contribution in [-0.4, -0.2) is 51.3 Å². The zero-order valence-corrected chi connectivity index (χ0v) is 17.3. The van der Waals surface area contributed by atoms with Gasteiger partial charge in [0.2, 0.25) is 5.91 Å². The van der Waals surface area contributed by atoms with E-state index in [-0.39, 0.29) is 17.8 Å². The second-order valence-electron chi connectivity index (χ2n) is 7.34. The number of hydrogen-bond donors (Lipinski definition) is 1. The molecule has 1 saturated heterocycles. The van der Waals surface area contributed by atoms with E-state index >= 15 is 0 Å². The van der Waals surface area contributed by atoms with Gasteiger partial charge in [0, 0.05) is 37.2 Å². The minimum absolute atomic E-state index is 0.0594. The zero-order chi connectivity index (χ0) is 21.6. The first kappa shape index (κ1) is 20.5. The van der Waals surface area contributed by atoms with Crippen molar-refractivity contribution in [2.75, 3.05) is 29.9 Å². The van der Waals surface area contributed by atoms with E-state index in [9.17, 15) is 9.59 Å². The summed E-state index contributed by atoms with van der Waals surface area (Å²) >= 11 is 0. The Morgan fingerprint density at radius 3 is 2.65 bits per heavy atom. The van der Waals surface area contributed by atoms with E-state index in [2.05, 4.69) is 20.4 Å². The molecule has 31 heavy (non-hydrogen) atoms. The molecule has 2 aromatic heterocycles. The summed E-state index contributed by atoms with van der Waals surface area (Å²) in [5.74, 6) is 0.893. The molecule has 1 aliphatic heterocycles. The second kappa shape index (κ2) is 9.38. The number of hydrogen-bond acceptors (Lipinski definition) is 7.